The van der Waals surface area contributed by atoms with E-state index in [1.165, 1.54) is 18.2 Å². The zero-order chi connectivity index (χ0) is 12.3. The van der Waals surface area contributed by atoms with Crippen molar-refractivity contribution < 1.29 is 12.8 Å². The molecule has 1 aromatic rings. The highest BCUT2D eigenvalue weighted by molar-refractivity contribution is 7.89. The molecule has 17 heavy (non-hydrogen) atoms. The molecule has 0 amide bonds. The fourth-order valence-electron chi connectivity index (χ4n) is 1.87. The smallest absolute Gasteiger partial charge is 0.240 e. The molecule has 4 nitrogen and oxygen atoms in total. The van der Waals surface area contributed by atoms with Gasteiger partial charge in [0.1, 0.15) is 5.82 Å². The van der Waals surface area contributed by atoms with Crippen LogP contribution in [-0.2, 0) is 10.0 Å². The summed E-state index contributed by atoms with van der Waals surface area (Å²) >= 11 is 0. The molecule has 0 aromatic heterocycles. The zero-order valence-electron chi connectivity index (χ0n) is 9.32. The lowest BCUT2D eigenvalue weighted by Crippen LogP contribution is -2.45. The zero-order valence-corrected chi connectivity index (χ0v) is 10.1. The number of sulfonamides is 1. The van der Waals surface area contributed by atoms with Gasteiger partial charge in [-0.2, -0.15) is 0 Å². The maximum atomic E-state index is 13.0. The van der Waals surface area contributed by atoms with E-state index in [1.807, 2.05) is 0 Å². The number of hydrogen-bond acceptors (Lipinski definition) is 3. The van der Waals surface area contributed by atoms with Crippen molar-refractivity contribution in [2.75, 3.05) is 13.1 Å². The SMILES string of the molecule is O=S(=O)(N[C@H]1CCCNC1)c1cccc(F)c1. The highest BCUT2D eigenvalue weighted by Gasteiger charge is 2.21. The Kier molecular flexibility index (Phi) is 3.76. The van der Waals surface area contributed by atoms with Crippen molar-refractivity contribution in [3.63, 3.8) is 0 Å². The number of nitrogens with one attached hydrogen (secondary N) is 2. The van der Waals surface area contributed by atoms with Gasteiger partial charge in [-0.05, 0) is 37.6 Å². The minimum Gasteiger partial charge on any atom is -0.315 e. The van der Waals surface area contributed by atoms with E-state index < -0.39 is 15.8 Å². The van der Waals surface area contributed by atoms with E-state index in [2.05, 4.69) is 10.0 Å². The van der Waals surface area contributed by atoms with E-state index in [4.69, 9.17) is 0 Å². The van der Waals surface area contributed by atoms with Crippen LogP contribution in [0.15, 0.2) is 29.2 Å². The Balaban J connectivity index is 2.13. The van der Waals surface area contributed by atoms with Crippen molar-refractivity contribution in [1.29, 1.82) is 0 Å². The van der Waals surface area contributed by atoms with Gasteiger partial charge in [0, 0.05) is 12.6 Å². The second-order valence-electron chi connectivity index (χ2n) is 4.12. The van der Waals surface area contributed by atoms with Gasteiger partial charge in [-0.1, -0.05) is 6.07 Å². The minimum absolute atomic E-state index is 0.0249. The number of rotatable bonds is 3. The molecule has 2 rings (SSSR count). The van der Waals surface area contributed by atoms with Crippen molar-refractivity contribution in [2.45, 2.75) is 23.8 Å². The van der Waals surface area contributed by atoms with Gasteiger partial charge in [-0.3, -0.25) is 0 Å². The largest absolute Gasteiger partial charge is 0.315 e. The van der Waals surface area contributed by atoms with E-state index in [0.29, 0.717) is 6.54 Å². The molecule has 2 N–H and O–H groups in total. The molecule has 1 aliphatic rings. The Morgan fingerprint density at radius 2 is 2.24 bits per heavy atom. The highest BCUT2D eigenvalue weighted by atomic mass is 32.2. The molecule has 1 atom stereocenters. The van der Waals surface area contributed by atoms with Crippen LogP contribution in [0.5, 0.6) is 0 Å². The van der Waals surface area contributed by atoms with Crippen LogP contribution in [0.1, 0.15) is 12.8 Å². The van der Waals surface area contributed by atoms with Crippen LogP contribution < -0.4 is 10.0 Å². The highest BCUT2D eigenvalue weighted by Crippen LogP contribution is 2.12. The molecule has 0 radical (unpaired) electrons. The van der Waals surface area contributed by atoms with Crippen LogP contribution in [0.4, 0.5) is 4.39 Å². The molecule has 1 aromatic carbocycles. The molecule has 6 heteroatoms. The third kappa shape index (κ3) is 3.24. The summed E-state index contributed by atoms with van der Waals surface area (Å²) in [5.74, 6) is -0.547. The molecule has 1 fully saturated rings. The first kappa shape index (κ1) is 12.5. The molecule has 0 bridgehead atoms. The van der Waals surface area contributed by atoms with Crippen LogP contribution >= 0.6 is 0 Å². The molecule has 0 spiro atoms. The molecule has 1 aliphatic heterocycles. The van der Waals surface area contributed by atoms with Crippen molar-refractivity contribution >= 4 is 10.0 Å². The first-order chi connectivity index (χ1) is 8.08. The van der Waals surface area contributed by atoms with E-state index in [-0.39, 0.29) is 10.9 Å². The van der Waals surface area contributed by atoms with Crippen LogP contribution in [-0.4, -0.2) is 27.5 Å². The fraction of sp³-hybridized carbons (Fsp3) is 0.455. The predicted octanol–water partition coefficient (Wildman–Crippen LogP) is 0.856. The summed E-state index contributed by atoms with van der Waals surface area (Å²) in [7, 11) is -3.61. The Bertz CT molecular complexity index is 484. The summed E-state index contributed by atoms with van der Waals surface area (Å²) in [5.41, 5.74) is 0. The Morgan fingerprint density at radius 3 is 2.88 bits per heavy atom. The summed E-state index contributed by atoms with van der Waals surface area (Å²) in [6.45, 7) is 1.53. The number of hydrogen-bond donors (Lipinski definition) is 2. The molecule has 0 unspecified atom stereocenters. The van der Waals surface area contributed by atoms with Crippen LogP contribution in [0.2, 0.25) is 0 Å². The van der Waals surface area contributed by atoms with Gasteiger partial charge in [0.05, 0.1) is 4.90 Å². The summed E-state index contributed by atoms with van der Waals surface area (Å²) in [4.78, 5) is -0.0249. The molecular formula is C11H15FN2O2S. The molecule has 94 valence electrons. The van der Waals surface area contributed by atoms with Crippen LogP contribution in [0.3, 0.4) is 0 Å². The lowest BCUT2D eigenvalue weighted by Gasteiger charge is -2.23. The van der Waals surface area contributed by atoms with Crippen molar-refractivity contribution in [2.24, 2.45) is 0 Å². The summed E-state index contributed by atoms with van der Waals surface area (Å²) in [6.07, 6.45) is 1.75. The van der Waals surface area contributed by atoms with Crippen molar-refractivity contribution in [3.05, 3.63) is 30.1 Å². The lowest BCUT2D eigenvalue weighted by molar-refractivity contribution is 0.428. The Hall–Kier alpha value is -0.980. The Morgan fingerprint density at radius 1 is 1.41 bits per heavy atom. The van der Waals surface area contributed by atoms with E-state index in [0.717, 1.165) is 25.5 Å². The van der Waals surface area contributed by atoms with Gasteiger partial charge in [-0.15, -0.1) is 0 Å². The normalized spacial score (nSPS) is 21.4. The van der Waals surface area contributed by atoms with Gasteiger partial charge < -0.3 is 5.32 Å². The van der Waals surface area contributed by atoms with Gasteiger partial charge in [-0.25, -0.2) is 17.5 Å². The second-order valence-corrected chi connectivity index (χ2v) is 5.84. The third-order valence-corrected chi connectivity index (χ3v) is 4.24. The van der Waals surface area contributed by atoms with Gasteiger partial charge in [0.25, 0.3) is 0 Å². The summed E-state index contributed by atoms with van der Waals surface area (Å²) in [5, 5.41) is 3.12. The topological polar surface area (TPSA) is 58.2 Å². The van der Waals surface area contributed by atoms with Gasteiger partial charge in [0.2, 0.25) is 10.0 Å². The fourth-order valence-corrected chi connectivity index (χ4v) is 3.18. The standard InChI is InChI=1S/C11H15FN2O2S/c12-9-3-1-5-11(7-9)17(15,16)14-10-4-2-6-13-8-10/h1,3,5,7,10,13-14H,2,4,6,8H2/t10-/m0/s1. The minimum atomic E-state index is -3.61. The molecule has 0 saturated carbocycles. The predicted molar refractivity (Wildman–Crippen MR) is 62.6 cm³/mol. The summed E-state index contributed by atoms with van der Waals surface area (Å²) < 4.78 is 39.4. The van der Waals surface area contributed by atoms with E-state index >= 15 is 0 Å². The monoisotopic (exact) mass is 258 g/mol. The number of halogens is 1. The van der Waals surface area contributed by atoms with Crippen molar-refractivity contribution in [1.82, 2.24) is 10.0 Å². The first-order valence-corrected chi connectivity index (χ1v) is 7.05. The molecule has 0 aliphatic carbocycles. The van der Waals surface area contributed by atoms with Crippen molar-refractivity contribution in [3.8, 4) is 0 Å². The average molecular weight is 258 g/mol. The Labute approximate surface area is 100 Å². The van der Waals surface area contributed by atoms with E-state index in [9.17, 15) is 12.8 Å². The molecule has 1 heterocycles. The lowest BCUT2D eigenvalue weighted by atomic mass is 10.1. The van der Waals surface area contributed by atoms with Crippen LogP contribution in [0, 0.1) is 5.82 Å². The molecule has 1 saturated heterocycles. The number of benzene rings is 1. The molecular weight excluding hydrogens is 243 g/mol. The van der Waals surface area contributed by atoms with Crippen LogP contribution in [0.25, 0.3) is 0 Å². The second kappa shape index (κ2) is 5.12. The van der Waals surface area contributed by atoms with E-state index in [1.54, 1.807) is 0 Å². The quantitative estimate of drug-likeness (QED) is 0.845. The van der Waals surface area contributed by atoms with Gasteiger partial charge in [0.15, 0.2) is 0 Å². The van der Waals surface area contributed by atoms with Gasteiger partial charge >= 0.3 is 0 Å². The maximum absolute atomic E-state index is 13.0. The summed E-state index contributed by atoms with van der Waals surface area (Å²) in [6, 6.07) is 4.92. The third-order valence-electron chi connectivity index (χ3n) is 2.73. The number of piperidine rings is 1. The first-order valence-electron chi connectivity index (χ1n) is 5.56. The maximum Gasteiger partial charge on any atom is 0.240 e. The average Bonchev–Trinajstić information content (AvgIpc) is 2.30.